The summed E-state index contributed by atoms with van der Waals surface area (Å²) in [5, 5.41) is 13.0. The SMILES string of the molecule is Cc1ccc(NC(=O)CN(C)C2CCCCC2O)c(C)c1. The second kappa shape index (κ2) is 7.05. The molecule has 1 aromatic carbocycles. The molecule has 0 saturated heterocycles. The molecule has 0 aliphatic heterocycles. The number of nitrogens with one attached hydrogen (secondary N) is 1. The molecule has 1 saturated carbocycles. The average molecular weight is 290 g/mol. The van der Waals surface area contributed by atoms with E-state index in [0.29, 0.717) is 6.54 Å². The zero-order valence-corrected chi connectivity index (χ0v) is 13.2. The van der Waals surface area contributed by atoms with Crippen LogP contribution in [0.2, 0.25) is 0 Å². The number of aliphatic hydroxyl groups excluding tert-OH is 1. The fraction of sp³-hybridized carbons (Fsp3) is 0.588. The highest BCUT2D eigenvalue weighted by atomic mass is 16.3. The van der Waals surface area contributed by atoms with Gasteiger partial charge in [-0.1, -0.05) is 30.5 Å². The number of likely N-dealkylation sites (N-methyl/N-ethyl adjacent to an activating group) is 1. The van der Waals surface area contributed by atoms with Crippen molar-refractivity contribution in [3.8, 4) is 0 Å². The number of benzene rings is 1. The second-order valence-electron chi connectivity index (χ2n) is 6.20. The van der Waals surface area contributed by atoms with E-state index in [1.807, 2.05) is 37.9 Å². The van der Waals surface area contributed by atoms with Gasteiger partial charge in [0.15, 0.2) is 0 Å². The van der Waals surface area contributed by atoms with Crippen molar-refractivity contribution in [3.05, 3.63) is 29.3 Å². The molecule has 2 atom stereocenters. The number of aliphatic hydroxyl groups is 1. The number of rotatable bonds is 4. The molecule has 1 aromatic rings. The lowest BCUT2D eigenvalue weighted by Crippen LogP contribution is -2.46. The predicted molar refractivity (Wildman–Crippen MR) is 85.4 cm³/mol. The Morgan fingerprint density at radius 3 is 2.71 bits per heavy atom. The van der Waals surface area contributed by atoms with Crippen LogP contribution in [0.15, 0.2) is 18.2 Å². The third-order valence-electron chi connectivity index (χ3n) is 4.31. The second-order valence-corrected chi connectivity index (χ2v) is 6.20. The van der Waals surface area contributed by atoms with E-state index >= 15 is 0 Å². The first-order valence-corrected chi connectivity index (χ1v) is 7.73. The number of aryl methyl sites for hydroxylation is 2. The molecule has 0 spiro atoms. The number of carbonyl (C=O) groups excluding carboxylic acids is 1. The lowest BCUT2D eigenvalue weighted by Gasteiger charge is -2.34. The van der Waals surface area contributed by atoms with Gasteiger partial charge >= 0.3 is 0 Å². The molecule has 1 fully saturated rings. The molecule has 0 heterocycles. The third kappa shape index (κ3) is 4.29. The number of anilines is 1. The van der Waals surface area contributed by atoms with Crippen LogP contribution in [-0.2, 0) is 4.79 Å². The zero-order valence-electron chi connectivity index (χ0n) is 13.2. The Bertz CT molecular complexity index is 502. The first-order chi connectivity index (χ1) is 9.97. The van der Waals surface area contributed by atoms with Crippen molar-refractivity contribution in [2.45, 2.75) is 51.7 Å². The van der Waals surface area contributed by atoms with Crippen molar-refractivity contribution in [2.75, 3.05) is 18.9 Å². The first-order valence-electron chi connectivity index (χ1n) is 7.73. The van der Waals surface area contributed by atoms with Crippen LogP contribution in [0.5, 0.6) is 0 Å². The van der Waals surface area contributed by atoms with E-state index in [4.69, 9.17) is 0 Å². The van der Waals surface area contributed by atoms with Gasteiger partial charge in [-0.05, 0) is 45.4 Å². The van der Waals surface area contributed by atoms with Crippen LogP contribution in [-0.4, -0.2) is 41.7 Å². The van der Waals surface area contributed by atoms with Crippen LogP contribution in [0.3, 0.4) is 0 Å². The Morgan fingerprint density at radius 1 is 1.33 bits per heavy atom. The molecule has 1 aliphatic rings. The molecule has 116 valence electrons. The maximum atomic E-state index is 12.2. The Labute approximate surface area is 127 Å². The van der Waals surface area contributed by atoms with E-state index in [1.165, 1.54) is 5.56 Å². The Morgan fingerprint density at radius 2 is 2.05 bits per heavy atom. The van der Waals surface area contributed by atoms with Crippen molar-refractivity contribution in [3.63, 3.8) is 0 Å². The number of carbonyl (C=O) groups is 1. The topological polar surface area (TPSA) is 52.6 Å². The van der Waals surface area contributed by atoms with Gasteiger partial charge in [-0.15, -0.1) is 0 Å². The van der Waals surface area contributed by atoms with Gasteiger partial charge in [-0.2, -0.15) is 0 Å². The van der Waals surface area contributed by atoms with E-state index < -0.39 is 0 Å². The van der Waals surface area contributed by atoms with Gasteiger partial charge in [-0.25, -0.2) is 0 Å². The van der Waals surface area contributed by atoms with E-state index in [-0.39, 0.29) is 18.1 Å². The third-order valence-corrected chi connectivity index (χ3v) is 4.31. The van der Waals surface area contributed by atoms with Gasteiger partial charge in [0.2, 0.25) is 5.91 Å². The van der Waals surface area contributed by atoms with E-state index in [0.717, 1.165) is 36.9 Å². The summed E-state index contributed by atoms with van der Waals surface area (Å²) in [6.07, 6.45) is 3.71. The number of amides is 1. The highest BCUT2D eigenvalue weighted by molar-refractivity contribution is 5.93. The summed E-state index contributed by atoms with van der Waals surface area (Å²) in [5.74, 6) is -0.0257. The summed E-state index contributed by atoms with van der Waals surface area (Å²) in [5.41, 5.74) is 3.12. The maximum absolute atomic E-state index is 12.2. The van der Waals surface area contributed by atoms with Gasteiger partial charge in [0, 0.05) is 11.7 Å². The largest absolute Gasteiger partial charge is 0.391 e. The lowest BCUT2D eigenvalue weighted by molar-refractivity contribution is -0.118. The molecule has 1 aliphatic carbocycles. The van der Waals surface area contributed by atoms with Gasteiger partial charge in [0.05, 0.1) is 12.6 Å². The molecule has 4 nitrogen and oxygen atoms in total. The molecule has 4 heteroatoms. The van der Waals surface area contributed by atoms with Crippen LogP contribution >= 0.6 is 0 Å². The summed E-state index contributed by atoms with van der Waals surface area (Å²) in [7, 11) is 1.92. The quantitative estimate of drug-likeness (QED) is 0.895. The number of hydrogen-bond acceptors (Lipinski definition) is 3. The van der Waals surface area contributed by atoms with Crippen molar-refractivity contribution >= 4 is 11.6 Å². The normalized spacial score (nSPS) is 22.3. The van der Waals surface area contributed by atoms with Crippen LogP contribution in [0, 0.1) is 13.8 Å². The maximum Gasteiger partial charge on any atom is 0.238 e. The predicted octanol–water partition coefficient (Wildman–Crippen LogP) is 2.48. The molecular weight excluding hydrogens is 264 g/mol. The monoisotopic (exact) mass is 290 g/mol. The van der Waals surface area contributed by atoms with Crippen molar-refractivity contribution in [2.24, 2.45) is 0 Å². The molecular formula is C17H26N2O2. The van der Waals surface area contributed by atoms with Crippen molar-refractivity contribution in [1.82, 2.24) is 4.90 Å². The smallest absolute Gasteiger partial charge is 0.238 e. The Hall–Kier alpha value is -1.39. The molecule has 0 bridgehead atoms. The summed E-state index contributed by atoms with van der Waals surface area (Å²) in [6.45, 7) is 4.35. The summed E-state index contributed by atoms with van der Waals surface area (Å²) in [6, 6.07) is 6.10. The van der Waals surface area contributed by atoms with E-state index in [1.54, 1.807) is 0 Å². The minimum Gasteiger partial charge on any atom is -0.391 e. The summed E-state index contributed by atoms with van der Waals surface area (Å²) in [4.78, 5) is 14.1. The van der Waals surface area contributed by atoms with Crippen LogP contribution in [0.4, 0.5) is 5.69 Å². The fourth-order valence-electron chi connectivity index (χ4n) is 3.09. The minimum absolute atomic E-state index is 0.0257. The van der Waals surface area contributed by atoms with Gasteiger partial charge in [0.25, 0.3) is 0 Å². The van der Waals surface area contributed by atoms with E-state index in [2.05, 4.69) is 11.4 Å². The highest BCUT2D eigenvalue weighted by Gasteiger charge is 2.27. The molecule has 2 rings (SSSR count). The Balaban J connectivity index is 1.91. The molecule has 2 N–H and O–H groups in total. The van der Waals surface area contributed by atoms with E-state index in [9.17, 15) is 9.90 Å². The first kappa shape index (κ1) is 16.0. The fourth-order valence-corrected chi connectivity index (χ4v) is 3.09. The summed E-state index contributed by atoms with van der Waals surface area (Å²) < 4.78 is 0. The summed E-state index contributed by atoms with van der Waals surface area (Å²) >= 11 is 0. The lowest BCUT2D eigenvalue weighted by atomic mass is 9.91. The standard InChI is InChI=1S/C17H26N2O2/c1-12-8-9-14(13(2)10-12)18-17(21)11-19(3)15-6-4-5-7-16(15)20/h8-10,15-16,20H,4-7,11H2,1-3H3,(H,18,21). The van der Waals surface area contributed by atoms with Crippen LogP contribution < -0.4 is 5.32 Å². The number of hydrogen-bond donors (Lipinski definition) is 2. The van der Waals surface area contributed by atoms with Gasteiger partial charge in [0.1, 0.15) is 0 Å². The molecule has 2 unspecified atom stereocenters. The number of nitrogens with zero attached hydrogens (tertiary/aromatic N) is 1. The molecule has 21 heavy (non-hydrogen) atoms. The zero-order chi connectivity index (χ0) is 15.4. The van der Waals surface area contributed by atoms with Crippen molar-refractivity contribution in [1.29, 1.82) is 0 Å². The highest BCUT2D eigenvalue weighted by Crippen LogP contribution is 2.22. The van der Waals surface area contributed by atoms with Crippen molar-refractivity contribution < 1.29 is 9.90 Å². The van der Waals surface area contributed by atoms with Gasteiger partial charge < -0.3 is 10.4 Å². The average Bonchev–Trinajstić information content (AvgIpc) is 2.42. The molecule has 0 radical (unpaired) electrons. The molecule has 0 aromatic heterocycles. The van der Waals surface area contributed by atoms with Crippen LogP contribution in [0.25, 0.3) is 0 Å². The van der Waals surface area contributed by atoms with Gasteiger partial charge in [-0.3, -0.25) is 9.69 Å². The Kier molecular flexibility index (Phi) is 5.37. The minimum atomic E-state index is -0.308. The molecule has 1 amide bonds. The van der Waals surface area contributed by atoms with Crippen LogP contribution in [0.1, 0.15) is 36.8 Å².